The molecule has 7 nitrogen and oxygen atoms in total. The minimum Gasteiger partial charge on any atom is -0.496 e. The van der Waals surface area contributed by atoms with Crippen LogP contribution < -0.4 is 20.7 Å². The topological polar surface area (TPSA) is 96.5 Å². The SMILES string of the molecule is COc1ccccc1/C=C(\NC(=O)c1ccccc1)C(=O)Nc1ccc(SCC(=O)Nc2cc(Cl)ccc2C)cc1. The van der Waals surface area contributed by atoms with Crippen LogP contribution in [0.5, 0.6) is 5.75 Å². The monoisotopic (exact) mass is 585 g/mol. The van der Waals surface area contributed by atoms with E-state index in [1.165, 1.54) is 18.9 Å². The van der Waals surface area contributed by atoms with Crippen molar-refractivity contribution >= 4 is 58.5 Å². The standard InChI is InChI=1S/C32H28ClN3O4S/c1-21-12-13-24(33)19-27(21)35-30(37)20-41-26-16-14-25(15-17-26)34-32(39)28(18-23-10-6-7-11-29(23)40-2)36-31(38)22-8-4-3-5-9-22/h3-19H,20H2,1-2H3,(H,34,39)(H,35,37)(H,36,38)/b28-18-. The van der Waals surface area contributed by atoms with Gasteiger partial charge in [-0.15, -0.1) is 11.8 Å². The van der Waals surface area contributed by atoms with Gasteiger partial charge in [0.1, 0.15) is 11.4 Å². The van der Waals surface area contributed by atoms with Gasteiger partial charge in [0.25, 0.3) is 11.8 Å². The number of nitrogens with one attached hydrogen (secondary N) is 3. The van der Waals surface area contributed by atoms with E-state index in [0.29, 0.717) is 33.3 Å². The number of ether oxygens (including phenoxy) is 1. The molecule has 0 spiro atoms. The number of carbonyl (C=O) groups excluding carboxylic acids is 3. The van der Waals surface area contributed by atoms with Gasteiger partial charge in [0.2, 0.25) is 5.91 Å². The van der Waals surface area contributed by atoms with Gasteiger partial charge in [-0.25, -0.2) is 0 Å². The Morgan fingerprint density at radius 1 is 0.878 bits per heavy atom. The molecule has 0 aliphatic heterocycles. The molecule has 41 heavy (non-hydrogen) atoms. The van der Waals surface area contributed by atoms with E-state index in [2.05, 4.69) is 16.0 Å². The summed E-state index contributed by atoms with van der Waals surface area (Å²) in [5.74, 6) is -0.313. The summed E-state index contributed by atoms with van der Waals surface area (Å²) < 4.78 is 5.41. The largest absolute Gasteiger partial charge is 0.496 e. The average molecular weight is 586 g/mol. The molecule has 0 heterocycles. The van der Waals surface area contributed by atoms with Crippen molar-refractivity contribution in [2.24, 2.45) is 0 Å². The molecule has 0 aliphatic rings. The number of hydrogen-bond donors (Lipinski definition) is 3. The van der Waals surface area contributed by atoms with Crippen LogP contribution in [0.1, 0.15) is 21.5 Å². The summed E-state index contributed by atoms with van der Waals surface area (Å²) in [6, 6.07) is 28.3. The van der Waals surface area contributed by atoms with Crippen LogP contribution in [0, 0.1) is 6.92 Å². The molecule has 3 amide bonds. The Morgan fingerprint density at radius 3 is 2.32 bits per heavy atom. The van der Waals surface area contributed by atoms with Crippen molar-refractivity contribution in [3.63, 3.8) is 0 Å². The van der Waals surface area contributed by atoms with E-state index in [4.69, 9.17) is 16.3 Å². The Labute approximate surface area is 248 Å². The lowest BCUT2D eigenvalue weighted by Gasteiger charge is -2.13. The van der Waals surface area contributed by atoms with Gasteiger partial charge in [0.15, 0.2) is 0 Å². The normalized spacial score (nSPS) is 11.0. The number of anilines is 2. The third-order valence-corrected chi connectivity index (χ3v) is 7.17. The van der Waals surface area contributed by atoms with Crippen molar-refractivity contribution in [1.82, 2.24) is 5.32 Å². The first-order valence-corrected chi connectivity index (χ1v) is 14.0. The highest BCUT2D eigenvalue weighted by Crippen LogP contribution is 2.24. The smallest absolute Gasteiger partial charge is 0.272 e. The number of benzene rings is 4. The van der Waals surface area contributed by atoms with E-state index in [1.54, 1.807) is 66.7 Å². The van der Waals surface area contributed by atoms with Crippen LogP contribution >= 0.6 is 23.4 Å². The van der Waals surface area contributed by atoms with E-state index < -0.39 is 11.8 Å². The predicted octanol–water partition coefficient (Wildman–Crippen LogP) is 6.80. The zero-order valence-corrected chi connectivity index (χ0v) is 24.0. The Balaban J connectivity index is 1.43. The Kier molecular flexibility index (Phi) is 10.2. The molecule has 0 aliphatic carbocycles. The Hall–Kier alpha value is -4.53. The molecule has 4 rings (SSSR count). The summed E-state index contributed by atoms with van der Waals surface area (Å²) in [6.07, 6.45) is 1.57. The minimum absolute atomic E-state index is 0.0507. The summed E-state index contributed by atoms with van der Waals surface area (Å²) in [5.41, 5.74) is 3.23. The number of hydrogen-bond acceptors (Lipinski definition) is 5. The molecule has 208 valence electrons. The molecular formula is C32H28ClN3O4S. The third-order valence-electron chi connectivity index (χ3n) is 5.92. The molecule has 0 radical (unpaired) electrons. The molecule has 0 unspecified atom stereocenters. The van der Waals surface area contributed by atoms with E-state index in [-0.39, 0.29) is 17.4 Å². The van der Waals surface area contributed by atoms with Crippen LogP contribution in [0.15, 0.2) is 108 Å². The lowest BCUT2D eigenvalue weighted by Crippen LogP contribution is -2.30. The van der Waals surface area contributed by atoms with Crippen molar-refractivity contribution in [2.75, 3.05) is 23.5 Å². The van der Waals surface area contributed by atoms with E-state index in [9.17, 15) is 14.4 Å². The quantitative estimate of drug-likeness (QED) is 0.140. The molecule has 0 fully saturated rings. The summed E-state index contributed by atoms with van der Waals surface area (Å²) in [7, 11) is 1.54. The van der Waals surface area contributed by atoms with Gasteiger partial charge in [-0.2, -0.15) is 0 Å². The average Bonchev–Trinajstić information content (AvgIpc) is 2.99. The molecular weight excluding hydrogens is 558 g/mol. The van der Waals surface area contributed by atoms with Crippen LogP contribution in [0.25, 0.3) is 6.08 Å². The molecule has 0 atom stereocenters. The highest BCUT2D eigenvalue weighted by Gasteiger charge is 2.16. The second kappa shape index (κ2) is 14.2. The lowest BCUT2D eigenvalue weighted by atomic mass is 10.1. The number of halogens is 1. The first kappa shape index (κ1) is 29.5. The van der Waals surface area contributed by atoms with Crippen molar-refractivity contribution < 1.29 is 19.1 Å². The predicted molar refractivity (Wildman–Crippen MR) is 165 cm³/mol. The van der Waals surface area contributed by atoms with Crippen molar-refractivity contribution in [3.05, 3.63) is 124 Å². The molecule has 4 aromatic carbocycles. The third kappa shape index (κ3) is 8.48. The summed E-state index contributed by atoms with van der Waals surface area (Å²) in [4.78, 5) is 39.5. The van der Waals surface area contributed by atoms with Gasteiger partial charge in [0.05, 0.1) is 12.9 Å². The highest BCUT2D eigenvalue weighted by molar-refractivity contribution is 8.00. The van der Waals surface area contributed by atoms with Crippen LogP contribution in [0.4, 0.5) is 11.4 Å². The number of rotatable bonds is 10. The van der Waals surface area contributed by atoms with Crippen LogP contribution in [-0.2, 0) is 9.59 Å². The molecule has 3 N–H and O–H groups in total. The molecule has 0 saturated heterocycles. The van der Waals surface area contributed by atoms with Crippen LogP contribution in [0.2, 0.25) is 5.02 Å². The lowest BCUT2D eigenvalue weighted by molar-refractivity contribution is -0.114. The van der Waals surface area contributed by atoms with Crippen molar-refractivity contribution in [3.8, 4) is 5.75 Å². The number of carbonyl (C=O) groups is 3. The minimum atomic E-state index is -0.503. The maximum atomic E-state index is 13.3. The molecule has 4 aromatic rings. The van der Waals surface area contributed by atoms with E-state index >= 15 is 0 Å². The van der Waals surface area contributed by atoms with Crippen molar-refractivity contribution in [2.45, 2.75) is 11.8 Å². The van der Waals surface area contributed by atoms with Gasteiger partial charge < -0.3 is 20.7 Å². The first-order chi connectivity index (χ1) is 19.8. The fourth-order valence-electron chi connectivity index (χ4n) is 3.78. The van der Waals surface area contributed by atoms with Gasteiger partial charge in [0, 0.05) is 32.4 Å². The maximum Gasteiger partial charge on any atom is 0.272 e. The number of methoxy groups -OCH3 is 1. The fraction of sp³-hybridized carbons (Fsp3) is 0.0938. The molecule has 0 aromatic heterocycles. The summed E-state index contributed by atoms with van der Waals surface area (Å²) in [5, 5.41) is 8.98. The van der Waals surface area contributed by atoms with Crippen LogP contribution in [0.3, 0.4) is 0 Å². The number of para-hydroxylation sites is 1. The van der Waals surface area contributed by atoms with Gasteiger partial charge >= 0.3 is 0 Å². The summed E-state index contributed by atoms with van der Waals surface area (Å²) >= 11 is 7.40. The highest BCUT2D eigenvalue weighted by atomic mass is 35.5. The van der Waals surface area contributed by atoms with Crippen molar-refractivity contribution in [1.29, 1.82) is 0 Å². The second-order valence-electron chi connectivity index (χ2n) is 8.89. The first-order valence-electron chi connectivity index (χ1n) is 12.6. The Bertz CT molecular complexity index is 1570. The number of amides is 3. The maximum absolute atomic E-state index is 13.3. The molecule has 9 heteroatoms. The van der Waals surface area contributed by atoms with E-state index in [1.807, 2.05) is 43.3 Å². The Morgan fingerprint density at radius 2 is 1.59 bits per heavy atom. The molecule has 0 bridgehead atoms. The van der Waals surface area contributed by atoms with Crippen LogP contribution in [-0.4, -0.2) is 30.6 Å². The molecule has 0 saturated carbocycles. The van der Waals surface area contributed by atoms with Gasteiger partial charge in [-0.3, -0.25) is 14.4 Å². The zero-order chi connectivity index (χ0) is 29.2. The number of aryl methyl sites for hydroxylation is 1. The zero-order valence-electron chi connectivity index (χ0n) is 22.4. The van der Waals surface area contributed by atoms with Gasteiger partial charge in [-0.1, -0.05) is 54.1 Å². The second-order valence-corrected chi connectivity index (χ2v) is 10.4. The van der Waals surface area contributed by atoms with Gasteiger partial charge in [-0.05, 0) is 73.2 Å². The number of thioether (sulfide) groups is 1. The van der Waals surface area contributed by atoms with E-state index in [0.717, 1.165) is 10.5 Å². The summed E-state index contributed by atoms with van der Waals surface area (Å²) in [6.45, 7) is 1.90. The fourth-order valence-corrected chi connectivity index (χ4v) is 4.65.